The molecule has 0 amide bonds. The van der Waals surface area contributed by atoms with Crippen LogP contribution in [-0.4, -0.2) is 20.5 Å². The van der Waals surface area contributed by atoms with Crippen LogP contribution in [0.2, 0.25) is 0 Å². The van der Waals surface area contributed by atoms with E-state index < -0.39 is 0 Å². The summed E-state index contributed by atoms with van der Waals surface area (Å²) in [6.07, 6.45) is 0.707. The highest BCUT2D eigenvalue weighted by Gasteiger charge is 2.14. The largest absolute Gasteiger partial charge is 0.308 e. The van der Waals surface area contributed by atoms with Gasteiger partial charge >= 0.3 is 0 Å². The van der Waals surface area contributed by atoms with Crippen LogP contribution in [0.1, 0.15) is 54.2 Å². The lowest BCUT2D eigenvalue weighted by Gasteiger charge is -2.22. The van der Waals surface area contributed by atoms with Crippen molar-refractivity contribution in [1.29, 1.82) is 0 Å². The summed E-state index contributed by atoms with van der Waals surface area (Å²) in [6, 6.07) is 0. The Balaban J connectivity index is 2.16. The van der Waals surface area contributed by atoms with Crippen LogP contribution in [0.15, 0.2) is 5.38 Å². The molecule has 0 aromatic carbocycles. The topological polar surface area (TPSA) is 50.7 Å². The molecular formula is C16H24N4S. The average molecular weight is 304 g/mol. The van der Waals surface area contributed by atoms with E-state index >= 15 is 0 Å². The van der Waals surface area contributed by atoms with E-state index in [4.69, 9.17) is 0 Å². The van der Waals surface area contributed by atoms with Crippen LogP contribution >= 0.6 is 11.3 Å². The second-order valence-electron chi connectivity index (χ2n) is 6.43. The van der Waals surface area contributed by atoms with Gasteiger partial charge in [-0.15, -0.1) is 11.3 Å². The fraction of sp³-hybridized carbons (Fsp3) is 0.562. The molecule has 0 atom stereocenters. The van der Waals surface area contributed by atoms with Crippen molar-refractivity contribution in [1.82, 2.24) is 20.3 Å². The first-order valence-electron chi connectivity index (χ1n) is 7.23. The summed E-state index contributed by atoms with van der Waals surface area (Å²) in [5.41, 5.74) is 4.46. The zero-order valence-electron chi connectivity index (χ0n) is 13.7. The Morgan fingerprint density at radius 3 is 2.14 bits per heavy atom. The maximum absolute atomic E-state index is 4.65. The second-order valence-corrected chi connectivity index (χ2v) is 7.49. The lowest BCUT2D eigenvalue weighted by Crippen LogP contribution is -2.35. The van der Waals surface area contributed by atoms with Crippen LogP contribution in [-0.2, 0) is 13.0 Å². The van der Waals surface area contributed by atoms with E-state index in [2.05, 4.69) is 60.3 Å². The second kappa shape index (κ2) is 6.20. The first-order valence-corrected chi connectivity index (χ1v) is 8.11. The maximum Gasteiger partial charge on any atom is 0.134 e. The van der Waals surface area contributed by atoms with Crippen LogP contribution < -0.4 is 5.32 Å². The number of thiazole rings is 1. The van der Waals surface area contributed by atoms with Gasteiger partial charge in [0.05, 0.1) is 17.1 Å². The molecule has 0 fully saturated rings. The molecule has 2 heterocycles. The lowest BCUT2D eigenvalue weighted by atomic mass is 10.1. The van der Waals surface area contributed by atoms with Crippen molar-refractivity contribution >= 4 is 11.3 Å². The van der Waals surface area contributed by atoms with Crippen molar-refractivity contribution in [2.24, 2.45) is 0 Å². The molecule has 21 heavy (non-hydrogen) atoms. The average Bonchev–Trinajstić information content (AvgIpc) is 2.72. The first-order chi connectivity index (χ1) is 9.74. The minimum absolute atomic E-state index is 0.0929. The summed E-state index contributed by atoms with van der Waals surface area (Å²) in [5, 5.41) is 6.67. The molecule has 0 unspecified atom stereocenters. The molecule has 1 N–H and O–H groups in total. The Labute approximate surface area is 131 Å². The molecule has 0 saturated carbocycles. The summed E-state index contributed by atoms with van der Waals surface area (Å²) in [4.78, 5) is 13.8. The highest BCUT2D eigenvalue weighted by molar-refractivity contribution is 7.09. The van der Waals surface area contributed by atoms with Crippen molar-refractivity contribution < 1.29 is 0 Å². The highest BCUT2D eigenvalue weighted by atomic mass is 32.1. The summed E-state index contributed by atoms with van der Waals surface area (Å²) < 4.78 is 0. The van der Waals surface area contributed by atoms with E-state index in [0.717, 1.165) is 34.5 Å². The van der Waals surface area contributed by atoms with E-state index in [1.165, 1.54) is 5.56 Å². The van der Waals surface area contributed by atoms with Crippen LogP contribution in [0.4, 0.5) is 0 Å². The number of nitrogens with zero attached hydrogens (tertiary/aromatic N) is 3. The summed E-state index contributed by atoms with van der Waals surface area (Å²) >= 11 is 1.67. The molecule has 2 aromatic heterocycles. The van der Waals surface area contributed by atoms with E-state index in [-0.39, 0.29) is 5.54 Å². The van der Waals surface area contributed by atoms with Crippen molar-refractivity contribution in [2.75, 3.05) is 0 Å². The molecule has 0 aliphatic carbocycles. The Hall–Kier alpha value is -1.33. The third-order valence-electron chi connectivity index (χ3n) is 3.27. The van der Waals surface area contributed by atoms with Crippen LogP contribution in [0.5, 0.6) is 0 Å². The number of hydrogen-bond donors (Lipinski definition) is 1. The molecule has 0 aliphatic rings. The first kappa shape index (κ1) is 16.0. The number of hydrogen-bond acceptors (Lipinski definition) is 5. The number of rotatable bonds is 4. The van der Waals surface area contributed by atoms with Gasteiger partial charge in [0.25, 0.3) is 0 Å². The van der Waals surface area contributed by atoms with Crippen molar-refractivity contribution in [3.63, 3.8) is 0 Å². The fourth-order valence-corrected chi connectivity index (χ4v) is 2.76. The van der Waals surface area contributed by atoms with Gasteiger partial charge in [0.15, 0.2) is 0 Å². The molecule has 0 radical (unpaired) electrons. The van der Waals surface area contributed by atoms with Crippen LogP contribution in [0.25, 0.3) is 0 Å². The van der Waals surface area contributed by atoms with Crippen LogP contribution in [0.3, 0.4) is 0 Å². The molecule has 114 valence electrons. The predicted octanol–water partition coefficient (Wildman–Crippen LogP) is 3.34. The number of aryl methyl sites for hydroxylation is 3. The fourth-order valence-electron chi connectivity index (χ4n) is 2.15. The quantitative estimate of drug-likeness (QED) is 0.941. The number of nitrogens with one attached hydrogen (secondary N) is 1. The van der Waals surface area contributed by atoms with E-state index in [0.29, 0.717) is 6.42 Å². The van der Waals surface area contributed by atoms with E-state index in [1.54, 1.807) is 11.3 Å². The van der Waals surface area contributed by atoms with Gasteiger partial charge in [-0.05, 0) is 41.5 Å². The molecule has 0 bridgehead atoms. The SMILES string of the molecule is Cc1nc(Cc2nc(C)c(CNC(C)(C)C)c(C)n2)cs1. The molecule has 2 aromatic rings. The zero-order valence-corrected chi connectivity index (χ0v) is 14.6. The Morgan fingerprint density at radius 1 is 1.05 bits per heavy atom. The van der Waals surface area contributed by atoms with Gasteiger partial charge in [0, 0.05) is 34.4 Å². The van der Waals surface area contributed by atoms with E-state index in [9.17, 15) is 0 Å². The van der Waals surface area contributed by atoms with Gasteiger partial charge in [-0.1, -0.05) is 0 Å². The van der Waals surface area contributed by atoms with Crippen molar-refractivity contribution in [3.8, 4) is 0 Å². The van der Waals surface area contributed by atoms with E-state index in [1.807, 2.05) is 6.92 Å². The Kier molecular flexibility index (Phi) is 4.74. The minimum atomic E-state index is 0.0929. The third-order valence-corrected chi connectivity index (χ3v) is 4.09. The van der Waals surface area contributed by atoms with Crippen LogP contribution in [0, 0.1) is 20.8 Å². The summed E-state index contributed by atoms with van der Waals surface area (Å²) in [5.74, 6) is 0.856. The van der Waals surface area contributed by atoms with Gasteiger partial charge in [0.1, 0.15) is 5.82 Å². The molecule has 0 saturated heterocycles. The summed E-state index contributed by atoms with van der Waals surface area (Å²) in [7, 11) is 0. The maximum atomic E-state index is 4.65. The molecule has 0 aliphatic heterocycles. The third kappa shape index (κ3) is 4.58. The highest BCUT2D eigenvalue weighted by Crippen LogP contribution is 2.15. The van der Waals surface area contributed by atoms with Gasteiger partial charge in [0.2, 0.25) is 0 Å². The molecule has 2 rings (SSSR count). The normalized spacial score (nSPS) is 11.9. The zero-order chi connectivity index (χ0) is 15.6. The van der Waals surface area contributed by atoms with Gasteiger partial charge in [-0.2, -0.15) is 0 Å². The molecule has 4 nitrogen and oxygen atoms in total. The van der Waals surface area contributed by atoms with Crippen molar-refractivity contribution in [3.05, 3.63) is 38.9 Å². The minimum Gasteiger partial charge on any atom is -0.308 e. The molecule has 0 spiro atoms. The standard InChI is InChI=1S/C16H24N4S/c1-10-14(8-17-16(4,5)6)11(2)19-15(18-10)7-13-9-21-12(3)20-13/h9,17H,7-8H2,1-6H3. The molecule has 5 heteroatoms. The van der Waals surface area contributed by atoms with Gasteiger partial charge in [-0.3, -0.25) is 0 Å². The molecular weight excluding hydrogens is 280 g/mol. The smallest absolute Gasteiger partial charge is 0.134 e. The Morgan fingerprint density at radius 2 is 1.67 bits per heavy atom. The lowest BCUT2D eigenvalue weighted by molar-refractivity contribution is 0.422. The number of aromatic nitrogens is 3. The summed E-state index contributed by atoms with van der Waals surface area (Å²) in [6.45, 7) is 13.4. The Bertz CT molecular complexity index is 602. The van der Waals surface area contributed by atoms with Crippen molar-refractivity contribution in [2.45, 2.75) is 60.0 Å². The monoisotopic (exact) mass is 304 g/mol. The van der Waals surface area contributed by atoms with Gasteiger partial charge in [-0.25, -0.2) is 15.0 Å². The predicted molar refractivity (Wildman–Crippen MR) is 87.8 cm³/mol. The van der Waals surface area contributed by atoms with Gasteiger partial charge < -0.3 is 5.32 Å².